The van der Waals surface area contributed by atoms with Gasteiger partial charge in [-0.05, 0) is 36.6 Å². The summed E-state index contributed by atoms with van der Waals surface area (Å²) in [6.45, 7) is 6.72. The van der Waals surface area contributed by atoms with E-state index in [0.29, 0.717) is 39.3 Å². The molecular weight excluding hydrogens is 386 g/mol. The van der Waals surface area contributed by atoms with Gasteiger partial charge >= 0.3 is 0 Å². The van der Waals surface area contributed by atoms with Gasteiger partial charge in [0.05, 0.1) is 18.8 Å². The molecular formula is C22H23F4NO2. The highest BCUT2D eigenvalue weighted by molar-refractivity contribution is 5.54. The third-order valence-corrected chi connectivity index (χ3v) is 4.93. The van der Waals surface area contributed by atoms with Crippen LogP contribution in [-0.4, -0.2) is 37.7 Å². The van der Waals surface area contributed by atoms with Crippen LogP contribution < -0.4 is 4.74 Å². The molecule has 3 rings (SSSR count). The number of rotatable bonds is 6. The molecule has 1 aliphatic heterocycles. The van der Waals surface area contributed by atoms with Crippen molar-refractivity contribution in [3.05, 3.63) is 64.2 Å². The summed E-state index contributed by atoms with van der Waals surface area (Å²) in [6, 6.07) is 4.82. The van der Waals surface area contributed by atoms with Crippen LogP contribution >= 0.6 is 0 Å². The summed E-state index contributed by atoms with van der Waals surface area (Å²) in [6.07, 6.45) is 3.21. The lowest BCUT2D eigenvalue weighted by molar-refractivity contribution is 0.0435. The molecule has 1 saturated heterocycles. The van der Waals surface area contributed by atoms with Gasteiger partial charge in [0, 0.05) is 19.6 Å². The van der Waals surface area contributed by atoms with E-state index in [9.17, 15) is 17.6 Å². The van der Waals surface area contributed by atoms with Crippen molar-refractivity contribution in [1.29, 1.82) is 0 Å². The number of ether oxygens (including phenoxy) is 2. The molecule has 0 aliphatic carbocycles. The minimum Gasteiger partial charge on any atom is -0.451 e. The molecule has 3 nitrogen and oxygen atoms in total. The summed E-state index contributed by atoms with van der Waals surface area (Å²) >= 11 is 0. The molecule has 0 bridgehead atoms. The fraction of sp³-hybridized carbons (Fsp3) is 0.364. The van der Waals surface area contributed by atoms with Crippen LogP contribution in [0.5, 0.6) is 11.5 Å². The second-order valence-corrected chi connectivity index (χ2v) is 6.86. The lowest BCUT2D eigenvalue weighted by Gasteiger charge is -2.25. The summed E-state index contributed by atoms with van der Waals surface area (Å²) in [7, 11) is 0. The Kier molecular flexibility index (Phi) is 6.92. The molecule has 29 heavy (non-hydrogen) atoms. The Labute approximate surface area is 167 Å². The van der Waals surface area contributed by atoms with Crippen LogP contribution in [0.4, 0.5) is 17.6 Å². The van der Waals surface area contributed by atoms with E-state index in [0.717, 1.165) is 17.2 Å². The summed E-state index contributed by atoms with van der Waals surface area (Å²) in [4.78, 5) is 2.00. The maximum Gasteiger partial charge on any atom is 0.205 e. The molecule has 0 atom stereocenters. The van der Waals surface area contributed by atoms with Gasteiger partial charge in [-0.15, -0.1) is 0 Å². The Balaban J connectivity index is 1.85. The van der Waals surface area contributed by atoms with Crippen LogP contribution in [0.2, 0.25) is 0 Å². The van der Waals surface area contributed by atoms with Crippen molar-refractivity contribution in [2.75, 3.05) is 32.8 Å². The molecule has 0 unspecified atom stereocenters. The molecule has 0 N–H and O–H groups in total. The summed E-state index contributed by atoms with van der Waals surface area (Å²) in [5.41, 5.74) is 1.13. The van der Waals surface area contributed by atoms with Crippen molar-refractivity contribution < 1.29 is 27.0 Å². The van der Waals surface area contributed by atoms with Gasteiger partial charge in [0.25, 0.3) is 0 Å². The van der Waals surface area contributed by atoms with E-state index >= 15 is 0 Å². The molecule has 7 heteroatoms. The molecule has 2 aromatic carbocycles. The minimum absolute atomic E-state index is 0.111. The van der Waals surface area contributed by atoms with Crippen LogP contribution in [-0.2, 0) is 11.2 Å². The average molecular weight is 409 g/mol. The second kappa shape index (κ2) is 9.41. The highest BCUT2D eigenvalue weighted by Crippen LogP contribution is 2.34. The molecule has 1 heterocycles. The Morgan fingerprint density at radius 1 is 1.03 bits per heavy atom. The summed E-state index contributed by atoms with van der Waals surface area (Å²) < 4.78 is 68.2. The van der Waals surface area contributed by atoms with Gasteiger partial charge in [0.15, 0.2) is 11.6 Å². The molecule has 0 amide bonds. The molecule has 0 saturated carbocycles. The lowest BCUT2D eigenvalue weighted by atomic mass is 10.1. The van der Waals surface area contributed by atoms with Crippen molar-refractivity contribution in [2.24, 2.45) is 0 Å². The minimum atomic E-state index is -1.56. The highest BCUT2D eigenvalue weighted by atomic mass is 19.2. The Morgan fingerprint density at radius 3 is 2.31 bits per heavy atom. The van der Waals surface area contributed by atoms with Crippen molar-refractivity contribution in [1.82, 2.24) is 4.90 Å². The number of benzene rings is 2. The standard InChI is InChI=1S/C22H23F4NO2/c1-3-15-13-16(7-6-14(15)2)29-22-20(25)18(23)17(19(24)21(22)26)5-4-8-27-9-11-28-12-10-27/h4-7,13H,3,8-12H2,1-2H3. The van der Waals surface area contributed by atoms with E-state index in [1.165, 1.54) is 12.1 Å². The van der Waals surface area contributed by atoms with Crippen molar-refractivity contribution in [2.45, 2.75) is 20.3 Å². The van der Waals surface area contributed by atoms with Gasteiger partial charge in [-0.3, -0.25) is 4.90 Å². The topological polar surface area (TPSA) is 21.7 Å². The van der Waals surface area contributed by atoms with Gasteiger partial charge < -0.3 is 9.47 Å². The third-order valence-electron chi connectivity index (χ3n) is 4.93. The van der Waals surface area contributed by atoms with Gasteiger partial charge in [-0.2, -0.15) is 8.78 Å². The van der Waals surface area contributed by atoms with E-state index in [-0.39, 0.29) is 5.75 Å². The van der Waals surface area contributed by atoms with Crippen LogP contribution in [0.25, 0.3) is 6.08 Å². The first-order valence-corrected chi connectivity index (χ1v) is 9.52. The lowest BCUT2D eigenvalue weighted by Crippen LogP contribution is -2.36. The number of halogens is 4. The largest absolute Gasteiger partial charge is 0.451 e. The number of morpholine rings is 1. The maximum atomic E-state index is 14.5. The third kappa shape index (κ3) is 4.79. The zero-order valence-corrected chi connectivity index (χ0v) is 16.4. The highest BCUT2D eigenvalue weighted by Gasteiger charge is 2.26. The number of hydrogen-bond acceptors (Lipinski definition) is 3. The van der Waals surface area contributed by atoms with Crippen molar-refractivity contribution >= 4 is 6.08 Å². The van der Waals surface area contributed by atoms with Crippen LogP contribution in [0.1, 0.15) is 23.6 Å². The number of aryl methyl sites for hydroxylation is 2. The van der Waals surface area contributed by atoms with Gasteiger partial charge in [0.1, 0.15) is 5.75 Å². The number of nitrogens with zero attached hydrogens (tertiary/aromatic N) is 1. The second-order valence-electron chi connectivity index (χ2n) is 6.86. The zero-order valence-electron chi connectivity index (χ0n) is 16.4. The van der Waals surface area contributed by atoms with E-state index in [1.54, 1.807) is 12.1 Å². The first-order chi connectivity index (χ1) is 13.9. The van der Waals surface area contributed by atoms with Crippen LogP contribution in [0.3, 0.4) is 0 Å². The molecule has 2 aromatic rings. The predicted molar refractivity (Wildman–Crippen MR) is 103 cm³/mol. The van der Waals surface area contributed by atoms with Crippen LogP contribution in [0, 0.1) is 30.2 Å². The van der Waals surface area contributed by atoms with Gasteiger partial charge in [-0.25, -0.2) is 8.78 Å². The fourth-order valence-corrected chi connectivity index (χ4v) is 3.18. The normalized spacial score (nSPS) is 15.2. The molecule has 0 spiro atoms. The molecule has 156 valence electrons. The Bertz CT molecular complexity index is 879. The maximum absolute atomic E-state index is 14.5. The average Bonchev–Trinajstić information content (AvgIpc) is 2.74. The summed E-state index contributed by atoms with van der Waals surface area (Å²) in [5.74, 6) is -7.07. The van der Waals surface area contributed by atoms with E-state index in [2.05, 4.69) is 0 Å². The quantitative estimate of drug-likeness (QED) is 0.480. The van der Waals surface area contributed by atoms with Gasteiger partial charge in [0.2, 0.25) is 17.4 Å². The fourth-order valence-electron chi connectivity index (χ4n) is 3.18. The molecule has 1 fully saturated rings. The van der Waals surface area contributed by atoms with Crippen LogP contribution in [0.15, 0.2) is 24.3 Å². The predicted octanol–water partition coefficient (Wildman–Crippen LogP) is 5.25. The van der Waals surface area contributed by atoms with Gasteiger partial charge in [-0.1, -0.05) is 25.1 Å². The van der Waals surface area contributed by atoms with Crippen molar-refractivity contribution in [3.63, 3.8) is 0 Å². The molecule has 0 radical (unpaired) electrons. The first kappa shape index (κ1) is 21.3. The molecule has 1 aliphatic rings. The Hall–Kier alpha value is -2.38. The SMILES string of the molecule is CCc1cc(Oc2c(F)c(F)c(C=CCN3CCOCC3)c(F)c2F)ccc1C. The zero-order chi connectivity index (χ0) is 21.0. The molecule has 0 aromatic heterocycles. The smallest absolute Gasteiger partial charge is 0.205 e. The first-order valence-electron chi connectivity index (χ1n) is 9.52. The van der Waals surface area contributed by atoms with Crippen molar-refractivity contribution in [3.8, 4) is 11.5 Å². The monoisotopic (exact) mass is 409 g/mol. The number of hydrogen-bond donors (Lipinski definition) is 0. The van der Waals surface area contributed by atoms with E-state index in [4.69, 9.17) is 9.47 Å². The van der Waals surface area contributed by atoms with E-state index < -0.39 is 34.6 Å². The Morgan fingerprint density at radius 2 is 1.69 bits per heavy atom. The summed E-state index contributed by atoms with van der Waals surface area (Å²) in [5, 5.41) is 0. The van der Waals surface area contributed by atoms with E-state index in [1.807, 2.05) is 18.7 Å².